The second-order valence-electron chi connectivity index (χ2n) is 8.28. The van der Waals surface area contributed by atoms with Gasteiger partial charge in [-0.05, 0) is 24.4 Å². The monoisotopic (exact) mass is 484 g/mol. The number of halogens is 1. The van der Waals surface area contributed by atoms with Crippen LogP contribution in [0.2, 0.25) is 5.28 Å². The van der Waals surface area contributed by atoms with E-state index >= 15 is 0 Å². The molecule has 1 unspecified atom stereocenters. The topological polar surface area (TPSA) is 87.0 Å². The van der Waals surface area contributed by atoms with Gasteiger partial charge in [0, 0.05) is 19.2 Å². The van der Waals surface area contributed by atoms with E-state index in [9.17, 15) is 9.00 Å². The van der Waals surface area contributed by atoms with Crippen LogP contribution >= 0.6 is 11.6 Å². The van der Waals surface area contributed by atoms with Crippen molar-refractivity contribution >= 4 is 39.5 Å². The fourth-order valence-electron chi connectivity index (χ4n) is 3.89. The van der Waals surface area contributed by atoms with Gasteiger partial charge in [0.1, 0.15) is 5.52 Å². The van der Waals surface area contributed by atoms with E-state index in [4.69, 9.17) is 11.6 Å². The maximum absolute atomic E-state index is 12.0. The van der Waals surface area contributed by atoms with Gasteiger partial charge in [-0.25, -0.2) is 9.97 Å². The predicted octanol–water partition coefficient (Wildman–Crippen LogP) is 5.85. The number of esters is 1. The highest BCUT2D eigenvalue weighted by Crippen LogP contribution is 2.20. The number of carbonyl (C=O) groups excluding carboxylic acids is 1. The standard InChI is InChI=1S/C23H37ClN4O3S/c1-31-19(29)16-14-12-10-8-6-4-3-5-7-9-11-13-15-17-28-18-25-21-20(28)22(32(2)30)27-23(24)26-21/h18H,3-17H2,1-2H3. The molecule has 0 saturated heterocycles. The Morgan fingerprint density at radius 1 is 0.938 bits per heavy atom. The van der Waals surface area contributed by atoms with Crippen molar-refractivity contribution in [1.82, 2.24) is 19.5 Å². The van der Waals surface area contributed by atoms with Crippen molar-refractivity contribution in [3.8, 4) is 0 Å². The molecule has 32 heavy (non-hydrogen) atoms. The van der Waals surface area contributed by atoms with Crippen molar-refractivity contribution in [2.75, 3.05) is 13.4 Å². The van der Waals surface area contributed by atoms with Gasteiger partial charge in [-0.15, -0.1) is 0 Å². The number of hydrogen-bond donors (Lipinski definition) is 0. The average Bonchev–Trinajstić information content (AvgIpc) is 3.17. The average molecular weight is 485 g/mol. The molecule has 2 aromatic heterocycles. The third-order valence-electron chi connectivity index (χ3n) is 5.69. The Morgan fingerprint density at radius 3 is 2.00 bits per heavy atom. The summed E-state index contributed by atoms with van der Waals surface area (Å²) >= 11 is 5.91. The SMILES string of the molecule is COC(=O)CCCCCCCCCCCCCCCn1cnc2nc(Cl)nc(S(C)=O)c21. The van der Waals surface area contributed by atoms with E-state index in [1.807, 2.05) is 4.57 Å². The van der Waals surface area contributed by atoms with Crippen LogP contribution in [0.1, 0.15) is 89.9 Å². The van der Waals surface area contributed by atoms with E-state index in [2.05, 4.69) is 19.7 Å². The molecule has 0 spiro atoms. The summed E-state index contributed by atoms with van der Waals surface area (Å²) in [6, 6.07) is 0. The fourth-order valence-corrected chi connectivity index (χ4v) is 4.80. The Labute approximate surface area is 199 Å². The lowest BCUT2D eigenvalue weighted by Gasteiger charge is -2.07. The first kappa shape index (κ1) is 26.7. The predicted molar refractivity (Wildman–Crippen MR) is 129 cm³/mol. The summed E-state index contributed by atoms with van der Waals surface area (Å²) in [6.07, 6.45) is 19.8. The number of hydrogen-bond acceptors (Lipinski definition) is 6. The summed E-state index contributed by atoms with van der Waals surface area (Å²) in [5, 5.41) is 0.544. The lowest BCUT2D eigenvalue weighted by molar-refractivity contribution is -0.140. The van der Waals surface area contributed by atoms with Gasteiger partial charge in [0.05, 0.1) is 24.2 Å². The van der Waals surface area contributed by atoms with Gasteiger partial charge in [-0.1, -0.05) is 70.6 Å². The number of methoxy groups -OCH3 is 1. The van der Waals surface area contributed by atoms with Gasteiger partial charge < -0.3 is 9.30 Å². The molecule has 0 aliphatic rings. The lowest BCUT2D eigenvalue weighted by atomic mass is 10.0. The van der Waals surface area contributed by atoms with Crippen LogP contribution in [0.25, 0.3) is 11.2 Å². The van der Waals surface area contributed by atoms with Crippen molar-refractivity contribution in [2.24, 2.45) is 0 Å². The fraction of sp³-hybridized carbons (Fsp3) is 0.739. The maximum atomic E-state index is 12.0. The molecular weight excluding hydrogens is 448 g/mol. The largest absolute Gasteiger partial charge is 0.469 e. The van der Waals surface area contributed by atoms with Crippen molar-refractivity contribution in [3.05, 3.63) is 11.6 Å². The van der Waals surface area contributed by atoms with E-state index in [-0.39, 0.29) is 11.3 Å². The Balaban J connectivity index is 1.48. The van der Waals surface area contributed by atoms with Crippen molar-refractivity contribution in [3.63, 3.8) is 0 Å². The van der Waals surface area contributed by atoms with Gasteiger partial charge >= 0.3 is 5.97 Å². The molecule has 2 rings (SSSR count). The smallest absolute Gasteiger partial charge is 0.305 e. The molecule has 0 aromatic carbocycles. The molecule has 0 radical (unpaired) electrons. The summed E-state index contributed by atoms with van der Waals surface area (Å²) in [6.45, 7) is 0.825. The van der Waals surface area contributed by atoms with E-state index in [1.165, 1.54) is 71.3 Å². The molecule has 2 aromatic rings. The number of aromatic nitrogens is 4. The van der Waals surface area contributed by atoms with Gasteiger partial charge in [0.15, 0.2) is 10.7 Å². The van der Waals surface area contributed by atoms with Crippen LogP contribution in [-0.4, -0.2) is 43.1 Å². The molecule has 2 heterocycles. The summed E-state index contributed by atoms with van der Waals surface area (Å²) in [4.78, 5) is 23.6. The van der Waals surface area contributed by atoms with E-state index in [0.29, 0.717) is 17.1 Å². The second kappa shape index (κ2) is 15.3. The number of aryl methyl sites for hydroxylation is 1. The minimum Gasteiger partial charge on any atom is -0.469 e. The number of imidazole rings is 1. The molecular formula is C23H37ClN4O3S. The van der Waals surface area contributed by atoms with E-state index in [0.717, 1.165) is 31.3 Å². The first-order valence-corrected chi connectivity index (χ1v) is 13.7. The number of unbranched alkanes of at least 4 members (excludes halogenated alkanes) is 12. The molecule has 9 heteroatoms. The zero-order valence-corrected chi connectivity index (χ0v) is 21.1. The first-order chi connectivity index (χ1) is 15.5. The van der Waals surface area contributed by atoms with E-state index in [1.54, 1.807) is 12.6 Å². The number of rotatable bonds is 17. The third-order valence-corrected chi connectivity index (χ3v) is 6.69. The van der Waals surface area contributed by atoms with Crippen LogP contribution in [0.4, 0.5) is 0 Å². The van der Waals surface area contributed by atoms with Crippen LogP contribution in [0.15, 0.2) is 11.4 Å². The molecule has 0 bridgehead atoms. The Morgan fingerprint density at radius 2 is 1.47 bits per heavy atom. The van der Waals surface area contributed by atoms with Gasteiger partial charge in [-0.3, -0.25) is 9.00 Å². The highest BCUT2D eigenvalue weighted by molar-refractivity contribution is 7.84. The Kier molecular flexibility index (Phi) is 12.8. The lowest BCUT2D eigenvalue weighted by Crippen LogP contribution is -2.03. The van der Waals surface area contributed by atoms with Gasteiger partial charge in [0.2, 0.25) is 5.28 Å². The van der Waals surface area contributed by atoms with Gasteiger partial charge in [-0.2, -0.15) is 4.98 Å². The molecule has 180 valence electrons. The van der Waals surface area contributed by atoms with Gasteiger partial charge in [0.25, 0.3) is 0 Å². The molecule has 0 N–H and O–H groups in total. The molecule has 1 atom stereocenters. The molecule has 0 aliphatic carbocycles. The highest BCUT2D eigenvalue weighted by atomic mass is 35.5. The van der Waals surface area contributed by atoms with Crippen molar-refractivity contribution in [2.45, 2.75) is 101 Å². The summed E-state index contributed by atoms with van der Waals surface area (Å²) < 4.78 is 18.6. The minimum atomic E-state index is -1.24. The van der Waals surface area contributed by atoms with Crippen LogP contribution in [0, 0.1) is 0 Å². The molecule has 0 fully saturated rings. The zero-order valence-electron chi connectivity index (χ0n) is 19.5. The Hall–Kier alpha value is -1.54. The third kappa shape index (κ3) is 9.53. The summed E-state index contributed by atoms with van der Waals surface area (Å²) in [5.74, 6) is -0.0940. The number of nitrogens with zero attached hydrogens (tertiary/aromatic N) is 4. The van der Waals surface area contributed by atoms with Crippen LogP contribution in [0.3, 0.4) is 0 Å². The van der Waals surface area contributed by atoms with Crippen LogP contribution < -0.4 is 0 Å². The molecule has 7 nitrogen and oxygen atoms in total. The maximum Gasteiger partial charge on any atom is 0.305 e. The summed E-state index contributed by atoms with van der Waals surface area (Å²) in [5.41, 5.74) is 1.25. The zero-order chi connectivity index (χ0) is 23.2. The second-order valence-corrected chi connectivity index (χ2v) is 9.92. The molecule has 0 aliphatic heterocycles. The number of fused-ring (bicyclic) bond motifs is 1. The van der Waals surface area contributed by atoms with Crippen molar-refractivity contribution < 1.29 is 13.7 Å². The van der Waals surface area contributed by atoms with E-state index < -0.39 is 10.8 Å². The van der Waals surface area contributed by atoms with Crippen LogP contribution in [-0.2, 0) is 26.9 Å². The van der Waals surface area contributed by atoms with Crippen LogP contribution in [0.5, 0.6) is 0 Å². The normalized spacial score (nSPS) is 12.3. The molecule has 0 amide bonds. The number of ether oxygens (including phenoxy) is 1. The minimum absolute atomic E-state index is 0.0867. The summed E-state index contributed by atoms with van der Waals surface area (Å²) in [7, 11) is 0.214. The number of carbonyl (C=O) groups is 1. The first-order valence-electron chi connectivity index (χ1n) is 11.8. The molecule has 0 saturated carbocycles. The van der Waals surface area contributed by atoms with Crippen molar-refractivity contribution in [1.29, 1.82) is 0 Å². The quantitative estimate of drug-likeness (QED) is 0.121. The Bertz CT molecular complexity index is 859. The highest BCUT2D eigenvalue weighted by Gasteiger charge is 2.15.